The Morgan fingerprint density at radius 2 is 0.944 bits per heavy atom. The maximum absolute atomic E-state index is 12.6. The summed E-state index contributed by atoms with van der Waals surface area (Å²) in [6, 6.07) is -1.25. The van der Waals surface area contributed by atoms with Crippen LogP contribution in [0.25, 0.3) is 0 Å². The molecule has 0 spiro atoms. The number of carbonyl (C=O) groups excluding carboxylic acids is 1. The molecule has 0 rings (SSSR count). The lowest BCUT2D eigenvalue weighted by Crippen LogP contribution is -2.50. The fourth-order valence-electron chi connectivity index (χ4n) is 6.69. The molecule has 3 atom stereocenters. The number of aliphatic hydroxyl groups excluding tert-OH is 2. The Balaban J connectivity index is 4.00. The fourth-order valence-corrected chi connectivity index (χ4v) is 7.42. The maximum Gasteiger partial charge on any atom is 0.267 e. The molecule has 0 aliphatic heterocycles. The number of hydrogen-bond donors (Lipinski definition) is 4. The third-order valence-corrected chi connectivity index (χ3v) is 10.9. The van der Waals surface area contributed by atoms with Crippen LogP contribution in [0, 0.1) is 0 Å². The first kappa shape index (κ1) is 52.3. The first-order valence-corrected chi connectivity index (χ1v) is 24.1. The van der Waals surface area contributed by atoms with Crippen LogP contribution in [0.5, 0.6) is 0 Å². The highest BCUT2D eigenvalue weighted by atomic mass is 32.2. The normalized spacial score (nSPS) is 14.2. The highest BCUT2D eigenvalue weighted by molar-refractivity contribution is 7.85. The number of hydrogen-bond acceptors (Lipinski definition) is 5. The minimum Gasteiger partial charge on any atom is -0.387 e. The summed E-state index contributed by atoms with van der Waals surface area (Å²) in [6.07, 6.45) is 50.3. The second-order valence-electron chi connectivity index (χ2n) is 15.4. The van der Waals surface area contributed by atoms with Crippen LogP contribution in [-0.4, -0.2) is 53.1 Å². The molecule has 0 aliphatic carbocycles. The monoisotopic (exact) mass is 780 g/mol. The van der Waals surface area contributed by atoms with Crippen LogP contribution < -0.4 is 5.32 Å². The molecule has 0 bridgehead atoms. The molecule has 54 heavy (non-hydrogen) atoms. The number of unbranched alkanes of at least 4 members (excludes halogenated alkanes) is 25. The van der Waals surface area contributed by atoms with Gasteiger partial charge in [-0.1, -0.05) is 204 Å². The molecule has 3 unspecified atom stereocenters. The SMILES string of the molecule is CC/C=C\C/C=C\CCCCCCCCCCCCCCCC(O)C(=O)NC(CS(=O)(=O)O)C(O)/C=C/CC/C=C/CCCCCCCCCCCCC. The van der Waals surface area contributed by atoms with Crippen LogP contribution in [0.4, 0.5) is 0 Å². The molecular weight excluding hydrogens is 695 g/mol. The lowest BCUT2D eigenvalue weighted by molar-refractivity contribution is -0.130. The Labute approximate surface area is 333 Å². The van der Waals surface area contributed by atoms with E-state index in [-0.39, 0.29) is 6.42 Å². The summed E-state index contributed by atoms with van der Waals surface area (Å²) >= 11 is 0. The summed E-state index contributed by atoms with van der Waals surface area (Å²) in [5.74, 6) is -1.56. The summed E-state index contributed by atoms with van der Waals surface area (Å²) in [5.41, 5.74) is 0. The van der Waals surface area contributed by atoms with E-state index in [2.05, 4.69) is 55.6 Å². The minimum atomic E-state index is -4.45. The lowest BCUT2D eigenvalue weighted by atomic mass is 10.0. The average molecular weight is 780 g/mol. The van der Waals surface area contributed by atoms with Crippen LogP contribution in [0.1, 0.15) is 213 Å². The molecule has 0 saturated carbocycles. The molecule has 316 valence electrons. The number of allylic oxidation sites excluding steroid dienone is 7. The van der Waals surface area contributed by atoms with Crippen molar-refractivity contribution < 1.29 is 28.0 Å². The van der Waals surface area contributed by atoms with Gasteiger partial charge in [0.2, 0.25) is 5.91 Å². The van der Waals surface area contributed by atoms with Gasteiger partial charge in [0.05, 0.1) is 17.9 Å². The molecule has 0 aromatic heterocycles. The van der Waals surface area contributed by atoms with Crippen molar-refractivity contribution in [1.82, 2.24) is 5.32 Å². The maximum atomic E-state index is 12.6. The molecule has 0 aromatic carbocycles. The standard InChI is InChI=1S/C46H85NO6S/c1-3-5-7-9-11-13-15-17-19-21-22-23-25-27-29-31-33-35-37-39-41-45(49)46(50)47-43(42-54(51,52)53)44(48)40-38-36-34-32-30-28-26-24-20-18-16-14-12-10-8-6-4-2/h5,7,11,13,30,32,38,40,43-45,48-49H,3-4,6,8-10,12,14-29,31,33-37,39,41-42H2,1-2H3,(H,47,50)(H,51,52,53)/b7-5-,13-11-,32-30+,40-38+. The number of carbonyl (C=O) groups is 1. The number of nitrogens with one attached hydrogen (secondary N) is 1. The van der Waals surface area contributed by atoms with Gasteiger partial charge in [-0.05, 0) is 57.8 Å². The molecular formula is C46H85NO6S. The molecule has 0 heterocycles. The second-order valence-corrected chi connectivity index (χ2v) is 16.9. The van der Waals surface area contributed by atoms with Gasteiger partial charge >= 0.3 is 0 Å². The Kier molecular flexibility index (Phi) is 38.2. The lowest BCUT2D eigenvalue weighted by Gasteiger charge is -2.22. The average Bonchev–Trinajstić information content (AvgIpc) is 3.14. The van der Waals surface area contributed by atoms with Crippen molar-refractivity contribution in [2.75, 3.05) is 5.75 Å². The smallest absolute Gasteiger partial charge is 0.267 e. The van der Waals surface area contributed by atoms with Crippen LogP contribution in [-0.2, 0) is 14.9 Å². The summed E-state index contributed by atoms with van der Waals surface area (Å²) < 4.78 is 32.6. The van der Waals surface area contributed by atoms with Crippen LogP contribution in [0.2, 0.25) is 0 Å². The van der Waals surface area contributed by atoms with E-state index in [0.717, 1.165) is 44.9 Å². The number of rotatable bonds is 40. The van der Waals surface area contributed by atoms with E-state index in [1.807, 2.05) is 0 Å². The Morgan fingerprint density at radius 1 is 0.537 bits per heavy atom. The molecule has 1 amide bonds. The molecule has 0 saturated heterocycles. The third-order valence-electron chi connectivity index (χ3n) is 10.1. The largest absolute Gasteiger partial charge is 0.387 e. The first-order chi connectivity index (χ1) is 26.2. The van der Waals surface area contributed by atoms with E-state index in [1.54, 1.807) is 6.08 Å². The van der Waals surface area contributed by atoms with E-state index in [9.17, 15) is 28.0 Å². The zero-order chi connectivity index (χ0) is 39.8. The Hall–Kier alpha value is -1.74. The summed E-state index contributed by atoms with van der Waals surface area (Å²) in [7, 11) is -4.45. The number of aliphatic hydroxyl groups is 2. The van der Waals surface area contributed by atoms with E-state index in [0.29, 0.717) is 12.8 Å². The van der Waals surface area contributed by atoms with Gasteiger partial charge in [0.1, 0.15) is 6.10 Å². The molecule has 0 radical (unpaired) electrons. The van der Waals surface area contributed by atoms with Crippen molar-refractivity contribution >= 4 is 16.0 Å². The zero-order valence-corrected chi connectivity index (χ0v) is 35.8. The molecule has 0 fully saturated rings. The predicted octanol–water partition coefficient (Wildman–Crippen LogP) is 12.4. The van der Waals surface area contributed by atoms with Gasteiger partial charge < -0.3 is 15.5 Å². The van der Waals surface area contributed by atoms with Gasteiger partial charge in [-0.25, -0.2) is 0 Å². The third kappa shape index (κ3) is 38.5. The quantitative estimate of drug-likeness (QED) is 0.0279. The van der Waals surface area contributed by atoms with Crippen LogP contribution >= 0.6 is 0 Å². The van der Waals surface area contributed by atoms with Crippen molar-refractivity contribution in [2.45, 2.75) is 231 Å². The van der Waals surface area contributed by atoms with Gasteiger partial charge in [-0.2, -0.15) is 8.42 Å². The molecule has 0 aliphatic rings. The fraction of sp³-hybridized carbons (Fsp3) is 0.804. The van der Waals surface area contributed by atoms with Gasteiger partial charge in [-0.15, -0.1) is 0 Å². The summed E-state index contributed by atoms with van der Waals surface area (Å²) in [6.45, 7) is 4.42. The highest BCUT2D eigenvalue weighted by Gasteiger charge is 2.27. The zero-order valence-electron chi connectivity index (χ0n) is 35.0. The first-order valence-electron chi connectivity index (χ1n) is 22.4. The van der Waals surface area contributed by atoms with Crippen LogP contribution in [0.15, 0.2) is 48.6 Å². The molecule has 4 N–H and O–H groups in total. The molecule has 0 aromatic rings. The van der Waals surface area contributed by atoms with Crippen LogP contribution in [0.3, 0.4) is 0 Å². The van der Waals surface area contributed by atoms with Crippen molar-refractivity contribution in [3.05, 3.63) is 48.6 Å². The van der Waals surface area contributed by atoms with Gasteiger partial charge in [0.25, 0.3) is 10.1 Å². The summed E-state index contributed by atoms with van der Waals surface area (Å²) in [5, 5.41) is 23.4. The highest BCUT2D eigenvalue weighted by Crippen LogP contribution is 2.15. The van der Waals surface area contributed by atoms with Crippen molar-refractivity contribution in [3.8, 4) is 0 Å². The summed E-state index contributed by atoms with van der Waals surface area (Å²) in [4.78, 5) is 12.6. The van der Waals surface area contributed by atoms with Gasteiger partial charge in [-0.3, -0.25) is 9.35 Å². The van der Waals surface area contributed by atoms with E-state index in [4.69, 9.17) is 0 Å². The van der Waals surface area contributed by atoms with Gasteiger partial charge in [0.15, 0.2) is 0 Å². The van der Waals surface area contributed by atoms with Crippen molar-refractivity contribution in [2.24, 2.45) is 0 Å². The van der Waals surface area contributed by atoms with E-state index >= 15 is 0 Å². The van der Waals surface area contributed by atoms with Crippen molar-refractivity contribution in [3.63, 3.8) is 0 Å². The van der Waals surface area contributed by atoms with E-state index < -0.39 is 40.0 Å². The minimum absolute atomic E-state index is 0.272. The molecule has 7 nitrogen and oxygen atoms in total. The second kappa shape index (κ2) is 39.5. The predicted molar refractivity (Wildman–Crippen MR) is 231 cm³/mol. The topological polar surface area (TPSA) is 124 Å². The van der Waals surface area contributed by atoms with Gasteiger partial charge in [0, 0.05) is 0 Å². The number of amides is 1. The Bertz CT molecular complexity index is 1050. The molecule has 8 heteroatoms. The van der Waals surface area contributed by atoms with Crippen molar-refractivity contribution in [1.29, 1.82) is 0 Å². The Morgan fingerprint density at radius 3 is 1.43 bits per heavy atom. The van der Waals surface area contributed by atoms with E-state index in [1.165, 1.54) is 141 Å².